The molecular weight excluding hydrogens is 293 g/mol. The molecule has 0 saturated heterocycles. The van der Waals surface area contributed by atoms with Gasteiger partial charge in [-0.1, -0.05) is 46.5 Å². The second kappa shape index (κ2) is 7.99. The third-order valence-electron chi connectivity index (χ3n) is 3.93. The fourth-order valence-corrected chi connectivity index (χ4v) is 2.57. The van der Waals surface area contributed by atoms with Gasteiger partial charge in [-0.3, -0.25) is 4.68 Å². The minimum absolute atomic E-state index is 0.334. The van der Waals surface area contributed by atoms with Crippen molar-refractivity contribution < 1.29 is 17.9 Å². The van der Waals surface area contributed by atoms with Gasteiger partial charge < -0.3 is 4.74 Å². The van der Waals surface area contributed by atoms with E-state index in [2.05, 4.69) is 12.0 Å². The van der Waals surface area contributed by atoms with Crippen LogP contribution in [0, 0.1) is 0 Å². The van der Waals surface area contributed by atoms with Crippen LogP contribution in [0.3, 0.4) is 0 Å². The Morgan fingerprint density at radius 2 is 1.86 bits per heavy atom. The van der Waals surface area contributed by atoms with Crippen molar-refractivity contribution in [2.45, 2.75) is 71.0 Å². The fourth-order valence-electron chi connectivity index (χ4n) is 2.57. The standard InChI is InChI=1S/C16H27F3N2O/c1-5-6-7-8-9-15(2,3)14-12-13(16(17,18)19)20-21(14)10-11-22-4/h12H,5-11H2,1-4H3. The molecule has 0 unspecified atom stereocenters. The lowest BCUT2D eigenvalue weighted by molar-refractivity contribution is -0.141. The Bertz CT molecular complexity index is 453. The van der Waals surface area contributed by atoms with E-state index in [1.54, 1.807) is 0 Å². The Balaban J connectivity index is 2.95. The van der Waals surface area contributed by atoms with Crippen molar-refractivity contribution in [3.8, 4) is 0 Å². The van der Waals surface area contributed by atoms with E-state index in [1.165, 1.54) is 17.9 Å². The number of ether oxygens (including phenoxy) is 1. The summed E-state index contributed by atoms with van der Waals surface area (Å²) < 4.78 is 45.2. The van der Waals surface area contributed by atoms with E-state index in [9.17, 15) is 13.2 Å². The highest BCUT2D eigenvalue weighted by molar-refractivity contribution is 5.21. The molecule has 0 fully saturated rings. The third-order valence-corrected chi connectivity index (χ3v) is 3.93. The van der Waals surface area contributed by atoms with Gasteiger partial charge in [0.1, 0.15) is 0 Å². The van der Waals surface area contributed by atoms with Gasteiger partial charge in [0.2, 0.25) is 0 Å². The second-order valence-corrected chi connectivity index (χ2v) is 6.32. The quantitative estimate of drug-likeness (QED) is 0.611. The molecule has 0 aromatic carbocycles. The van der Waals surface area contributed by atoms with Gasteiger partial charge in [0.15, 0.2) is 5.69 Å². The Labute approximate surface area is 130 Å². The van der Waals surface area contributed by atoms with E-state index >= 15 is 0 Å². The average Bonchev–Trinajstić information content (AvgIpc) is 2.86. The maximum absolute atomic E-state index is 12.9. The minimum atomic E-state index is -4.41. The predicted octanol–water partition coefficient (Wildman–Crippen LogP) is 4.80. The molecule has 0 aliphatic carbocycles. The molecule has 0 saturated carbocycles. The summed E-state index contributed by atoms with van der Waals surface area (Å²) in [6.45, 7) is 6.79. The Kier molecular flexibility index (Phi) is 6.91. The largest absolute Gasteiger partial charge is 0.435 e. The van der Waals surface area contributed by atoms with Crippen LogP contribution in [-0.4, -0.2) is 23.5 Å². The topological polar surface area (TPSA) is 27.1 Å². The smallest absolute Gasteiger partial charge is 0.383 e. The van der Waals surface area contributed by atoms with Gasteiger partial charge in [-0.15, -0.1) is 0 Å². The van der Waals surface area contributed by atoms with Crippen molar-refractivity contribution in [3.63, 3.8) is 0 Å². The molecule has 0 aliphatic rings. The first-order chi connectivity index (χ1) is 10.2. The predicted molar refractivity (Wildman–Crippen MR) is 80.9 cm³/mol. The molecule has 0 amide bonds. The number of alkyl halides is 3. The molecule has 22 heavy (non-hydrogen) atoms. The van der Waals surface area contributed by atoms with Crippen LogP contribution in [-0.2, 0) is 22.9 Å². The molecule has 128 valence electrons. The molecule has 3 nitrogen and oxygen atoms in total. The average molecular weight is 320 g/mol. The van der Waals surface area contributed by atoms with Crippen LogP contribution in [0.1, 0.15) is 64.3 Å². The normalized spacial score (nSPS) is 12.9. The van der Waals surface area contributed by atoms with Crippen molar-refractivity contribution in [1.29, 1.82) is 0 Å². The lowest BCUT2D eigenvalue weighted by Crippen LogP contribution is -2.23. The van der Waals surface area contributed by atoms with Crippen molar-refractivity contribution in [3.05, 3.63) is 17.5 Å². The van der Waals surface area contributed by atoms with Gasteiger partial charge in [0.25, 0.3) is 0 Å². The zero-order valence-electron chi connectivity index (χ0n) is 14.0. The molecule has 0 radical (unpaired) electrons. The van der Waals surface area contributed by atoms with Gasteiger partial charge in [0.05, 0.1) is 13.2 Å². The summed E-state index contributed by atoms with van der Waals surface area (Å²) in [6, 6.07) is 1.19. The molecule has 0 aliphatic heterocycles. The number of hydrogen-bond acceptors (Lipinski definition) is 2. The van der Waals surface area contributed by atoms with E-state index in [0.717, 1.165) is 32.1 Å². The molecular formula is C16H27F3N2O. The maximum atomic E-state index is 12.9. The van der Waals surface area contributed by atoms with Crippen LogP contribution in [0.5, 0.6) is 0 Å². The van der Waals surface area contributed by atoms with Crippen LogP contribution in [0.25, 0.3) is 0 Å². The number of rotatable bonds is 9. The monoisotopic (exact) mass is 320 g/mol. The zero-order valence-corrected chi connectivity index (χ0v) is 14.0. The molecule has 1 aromatic heterocycles. The number of nitrogens with zero attached hydrogens (tertiary/aromatic N) is 2. The molecule has 1 aromatic rings. The Morgan fingerprint density at radius 3 is 2.41 bits per heavy atom. The first kappa shape index (κ1) is 19.0. The SMILES string of the molecule is CCCCCCC(C)(C)c1cc(C(F)(F)F)nn1CCOC. The van der Waals surface area contributed by atoms with Crippen molar-refractivity contribution in [2.75, 3.05) is 13.7 Å². The van der Waals surface area contributed by atoms with Gasteiger partial charge >= 0.3 is 6.18 Å². The number of methoxy groups -OCH3 is 1. The summed E-state index contributed by atoms with van der Waals surface area (Å²) >= 11 is 0. The first-order valence-electron chi connectivity index (χ1n) is 7.87. The molecule has 0 atom stereocenters. The van der Waals surface area contributed by atoms with E-state index in [-0.39, 0.29) is 5.41 Å². The molecule has 1 rings (SSSR count). The zero-order chi connectivity index (χ0) is 16.8. The van der Waals surface area contributed by atoms with Gasteiger partial charge in [-0.2, -0.15) is 18.3 Å². The highest BCUT2D eigenvalue weighted by atomic mass is 19.4. The Morgan fingerprint density at radius 1 is 1.18 bits per heavy atom. The van der Waals surface area contributed by atoms with Crippen molar-refractivity contribution >= 4 is 0 Å². The van der Waals surface area contributed by atoms with E-state index < -0.39 is 11.9 Å². The third kappa shape index (κ3) is 5.30. The molecule has 0 N–H and O–H groups in total. The summed E-state index contributed by atoms with van der Waals surface area (Å²) in [5, 5.41) is 3.74. The summed E-state index contributed by atoms with van der Waals surface area (Å²) in [6.07, 6.45) is 0.863. The molecule has 6 heteroatoms. The lowest BCUT2D eigenvalue weighted by atomic mass is 9.83. The van der Waals surface area contributed by atoms with E-state index in [0.29, 0.717) is 18.8 Å². The number of unbranched alkanes of at least 4 members (excludes halogenated alkanes) is 3. The van der Waals surface area contributed by atoms with Crippen LogP contribution < -0.4 is 0 Å². The summed E-state index contributed by atoms with van der Waals surface area (Å²) in [7, 11) is 1.53. The number of halogens is 3. The Hall–Kier alpha value is -1.04. The maximum Gasteiger partial charge on any atom is 0.435 e. The van der Waals surface area contributed by atoms with Gasteiger partial charge in [0, 0.05) is 18.2 Å². The van der Waals surface area contributed by atoms with Crippen molar-refractivity contribution in [2.24, 2.45) is 0 Å². The highest BCUT2D eigenvalue weighted by Gasteiger charge is 2.37. The van der Waals surface area contributed by atoms with Gasteiger partial charge in [-0.05, 0) is 12.5 Å². The highest BCUT2D eigenvalue weighted by Crippen LogP contribution is 2.35. The number of hydrogen-bond donors (Lipinski definition) is 0. The summed E-state index contributed by atoms with van der Waals surface area (Å²) in [5.74, 6) is 0. The molecule has 0 spiro atoms. The fraction of sp³-hybridized carbons (Fsp3) is 0.812. The van der Waals surface area contributed by atoms with Crippen LogP contribution in [0.2, 0.25) is 0 Å². The lowest BCUT2D eigenvalue weighted by Gasteiger charge is -2.25. The van der Waals surface area contributed by atoms with E-state index in [1.807, 2.05) is 13.8 Å². The van der Waals surface area contributed by atoms with Crippen LogP contribution >= 0.6 is 0 Å². The minimum Gasteiger partial charge on any atom is -0.383 e. The van der Waals surface area contributed by atoms with Crippen LogP contribution in [0.15, 0.2) is 6.07 Å². The van der Waals surface area contributed by atoms with Crippen molar-refractivity contribution in [1.82, 2.24) is 9.78 Å². The summed E-state index contributed by atoms with van der Waals surface area (Å²) in [4.78, 5) is 0. The second-order valence-electron chi connectivity index (χ2n) is 6.32. The molecule has 1 heterocycles. The molecule has 0 bridgehead atoms. The van der Waals surface area contributed by atoms with Gasteiger partial charge in [-0.25, -0.2) is 0 Å². The number of aromatic nitrogens is 2. The van der Waals surface area contributed by atoms with E-state index in [4.69, 9.17) is 4.74 Å². The first-order valence-corrected chi connectivity index (χ1v) is 7.87. The van der Waals surface area contributed by atoms with Crippen LogP contribution in [0.4, 0.5) is 13.2 Å². The summed E-state index contributed by atoms with van der Waals surface area (Å²) in [5.41, 5.74) is -0.522.